The van der Waals surface area contributed by atoms with Gasteiger partial charge in [0, 0.05) is 6.54 Å². The number of carbonyl (C=O) groups excluding carboxylic acids is 3. The van der Waals surface area contributed by atoms with Crippen molar-refractivity contribution in [1.29, 1.82) is 0 Å². The van der Waals surface area contributed by atoms with E-state index >= 15 is 0 Å². The van der Waals surface area contributed by atoms with Crippen molar-refractivity contribution in [1.82, 2.24) is 4.90 Å². The van der Waals surface area contributed by atoms with Gasteiger partial charge in [0.05, 0.1) is 31.1 Å². The van der Waals surface area contributed by atoms with Gasteiger partial charge in [-0.2, -0.15) is 0 Å². The van der Waals surface area contributed by atoms with Crippen molar-refractivity contribution in [3.8, 4) is 0 Å². The Kier molecular flexibility index (Phi) is 7.60. The maximum atomic E-state index is 12.7. The number of carbonyl (C=O) groups is 4. The molecular weight excluding hydrogens is 330 g/mol. The van der Waals surface area contributed by atoms with Gasteiger partial charge in [-0.15, -0.1) is 0 Å². The molecule has 0 aliphatic carbocycles. The fourth-order valence-corrected chi connectivity index (χ4v) is 2.67. The molecule has 0 bridgehead atoms. The molecule has 1 aliphatic rings. The molecule has 140 valence electrons. The van der Waals surface area contributed by atoms with Crippen LogP contribution >= 0.6 is 0 Å². The van der Waals surface area contributed by atoms with Crippen LogP contribution in [0.4, 0.5) is 0 Å². The Hall–Kier alpha value is -2.38. The zero-order chi connectivity index (χ0) is 19.1. The molecule has 0 spiro atoms. The summed E-state index contributed by atoms with van der Waals surface area (Å²) in [6.45, 7) is 7.29. The van der Waals surface area contributed by atoms with Gasteiger partial charge in [-0.25, -0.2) is 9.59 Å². The van der Waals surface area contributed by atoms with Crippen molar-refractivity contribution in [3.05, 3.63) is 11.3 Å². The maximum Gasteiger partial charge on any atom is 0.355 e. The van der Waals surface area contributed by atoms with Crippen LogP contribution in [0.15, 0.2) is 11.3 Å². The molecule has 1 N–H and O–H groups in total. The average molecular weight is 355 g/mol. The van der Waals surface area contributed by atoms with Gasteiger partial charge in [0.15, 0.2) is 0 Å². The third kappa shape index (κ3) is 5.30. The van der Waals surface area contributed by atoms with Crippen molar-refractivity contribution in [2.75, 3.05) is 19.8 Å². The summed E-state index contributed by atoms with van der Waals surface area (Å²) >= 11 is 0. The molecule has 0 fully saturated rings. The smallest absolute Gasteiger partial charge is 0.355 e. The van der Waals surface area contributed by atoms with Crippen molar-refractivity contribution in [2.45, 2.75) is 40.5 Å². The van der Waals surface area contributed by atoms with E-state index in [-0.39, 0.29) is 43.4 Å². The molecule has 8 nitrogen and oxygen atoms in total. The van der Waals surface area contributed by atoms with E-state index in [4.69, 9.17) is 14.6 Å². The highest BCUT2D eigenvalue weighted by molar-refractivity contribution is 6.05. The van der Waals surface area contributed by atoms with Crippen molar-refractivity contribution < 1.29 is 33.8 Å². The van der Waals surface area contributed by atoms with Crippen LogP contribution in [0.2, 0.25) is 0 Å². The number of hydrogen-bond acceptors (Lipinski definition) is 6. The highest BCUT2D eigenvalue weighted by Crippen LogP contribution is 2.32. The summed E-state index contributed by atoms with van der Waals surface area (Å²) in [6.07, 6.45) is -0.584. The van der Waals surface area contributed by atoms with Crippen LogP contribution in [0, 0.1) is 11.8 Å². The topological polar surface area (TPSA) is 110 Å². The van der Waals surface area contributed by atoms with Gasteiger partial charge in [0.1, 0.15) is 5.70 Å². The monoisotopic (exact) mass is 355 g/mol. The summed E-state index contributed by atoms with van der Waals surface area (Å²) < 4.78 is 9.99. The normalized spacial score (nSPS) is 17.7. The molecule has 1 aliphatic heterocycles. The van der Waals surface area contributed by atoms with E-state index in [0.29, 0.717) is 0 Å². The highest BCUT2D eigenvalue weighted by Gasteiger charge is 2.42. The number of nitrogens with zero attached hydrogens (tertiary/aromatic N) is 1. The van der Waals surface area contributed by atoms with Crippen molar-refractivity contribution >= 4 is 23.8 Å². The van der Waals surface area contributed by atoms with E-state index in [1.807, 2.05) is 13.8 Å². The third-order valence-electron chi connectivity index (χ3n) is 3.58. The largest absolute Gasteiger partial charge is 0.481 e. The molecule has 1 atom stereocenters. The Labute approximate surface area is 146 Å². The van der Waals surface area contributed by atoms with E-state index in [1.165, 1.54) is 4.90 Å². The standard InChI is InChI=1S/C17H25NO7/c1-5-24-16(22)12-7-11(8-13(19)20)15(21)18(9-10(3)4)14(12)17(23)25-6-2/h10-11H,5-9H2,1-4H3,(H,19,20). The lowest BCUT2D eigenvalue weighted by Crippen LogP contribution is -2.46. The summed E-state index contributed by atoms with van der Waals surface area (Å²) in [5, 5.41) is 9.04. The second kappa shape index (κ2) is 9.19. The molecule has 25 heavy (non-hydrogen) atoms. The van der Waals surface area contributed by atoms with E-state index < -0.39 is 36.2 Å². The van der Waals surface area contributed by atoms with Gasteiger partial charge in [0.25, 0.3) is 0 Å². The summed E-state index contributed by atoms with van der Waals surface area (Å²) in [6, 6.07) is 0. The second-order valence-corrected chi connectivity index (χ2v) is 6.11. The number of esters is 2. The number of carboxylic acids is 1. The third-order valence-corrected chi connectivity index (χ3v) is 3.58. The Morgan fingerprint density at radius 3 is 2.20 bits per heavy atom. The van der Waals surface area contributed by atoms with Gasteiger partial charge in [0.2, 0.25) is 5.91 Å². The van der Waals surface area contributed by atoms with Crippen LogP contribution in [0.3, 0.4) is 0 Å². The number of ether oxygens (including phenoxy) is 2. The summed E-state index contributed by atoms with van der Waals surface area (Å²) in [7, 11) is 0. The Bertz CT molecular complexity index is 580. The number of rotatable bonds is 8. The minimum absolute atomic E-state index is 0.000371. The number of amides is 1. The summed E-state index contributed by atoms with van der Waals surface area (Å²) in [5.41, 5.74) is -0.146. The first kappa shape index (κ1) is 20.7. The Balaban J connectivity index is 3.43. The van der Waals surface area contributed by atoms with Crippen molar-refractivity contribution in [2.24, 2.45) is 11.8 Å². The lowest BCUT2D eigenvalue weighted by Gasteiger charge is -2.35. The number of hydrogen-bond donors (Lipinski definition) is 1. The zero-order valence-electron chi connectivity index (χ0n) is 15.0. The quantitative estimate of drug-likeness (QED) is 0.654. The molecule has 0 saturated carbocycles. The first-order chi connectivity index (χ1) is 11.7. The van der Waals surface area contributed by atoms with Gasteiger partial charge in [-0.3, -0.25) is 9.59 Å². The predicted molar refractivity (Wildman–Crippen MR) is 87.2 cm³/mol. The molecule has 8 heteroatoms. The molecule has 0 aromatic carbocycles. The van der Waals surface area contributed by atoms with Crippen LogP contribution in [0.1, 0.15) is 40.5 Å². The SMILES string of the molecule is CCOC(=O)C1=C(C(=O)OCC)N(CC(C)C)C(=O)C(CC(=O)O)C1. The fourth-order valence-electron chi connectivity index (χ4n) is 2.67. The molecule has 0 aromatic rings. The zero-order valence-corrected chi connectivity index (χ0v) is 15.0. The molecule has 1 unspecified atom stereocenters. The van der Waals surface area contributed by atoms with Crippen LogP contribution < -0.4 is 0 Å². The van der Waals surface area contributed by atoms with Gasteiger partial charge in [-0.05, 0) is 26.2 Å². The Morgan fingerprint density at radius 1 is 1.16 bits per heavy atom. The van der Waals surface area contributed by atoms with E-state index in [0.717, 1.165) is 0 Å². The summed E-state index contributed by atoms with van der Waals surface area (Å²) in [4.78, 5) is 49.6. The summed E-state index contributed by atoms with van der Waals surface area (Å²) in [5.74, 6) is -4.08. The lowest BCUT2D eigenvalue weighted by molar-refractivity contribution is -0.151. The van der Waals surface area contributed by atoms with E-state index in [1.54, 1.807) is 13.8 Å². The second-order valence-electron chi connectivity index (χ2n) is 6.11. The molecule has 1 heterocycles. The van der Waals surface area contributed by atoms with Crippen LogP contribution in [-0.4, -0.2) is 53.6 Å². The van der Waals surface area contributed by atoms with E-state index in [9.17, 15) is 19.2 Å². The first-order valence-electron chi connectivity index (χ1n) is 8.33. The van der Waals surface area contributed by atoms with Crippen LogP contribution in [0.25, 0.3) is 0 Å². The molecular formula is C17H25NO7. The average Bonchev–Trinajstić information content (AvgIpc) is 2.50. The molecule has 0 radical (unpaired) electrons. The fraction of sp³-hybridized carbons (Fsp3) is 0.647. The molecule has 0 aromatic heterocycles. The number of aliphatic carboxylic acids is 1. The minimum Gasteiger partial charge on any atom is -0.481 e. The highest BCUT2D eigenvalue weighted by atomic mass is 16.5. The van der Waals surface area contributed by atoms with Crippen LogP contribution in [0.5, 0.6) is 0 Å². The molecule has 0 saturated heterocycles. The predicted octanol–water partition coefficient (Wildman–Crippen LogP) is 1.35. The van der Waals surface area contributed by atoms with Gasteiger partial charge in [-0.1, -0.05) is 13.8 Å². The van der Waals surface area contributed by atoms with Gasteiger partial charge < -0.3 is 19.5 Å². The maximum absolute atomic E-state index is 12.7. The lowest BCUT2D eigenvalue weighted by atomic mass is 9.88. The Morgan fingerprint density at radius 2 is 1.72 bits per heavy atom. The number of carboxylic acid groups (broad SMARTS) is 1. The first-order valence-corrected chi connectivity index (χ1v) is 8.33. The van der Waals surface area contributed by atoms with Crippen molar-refractivity contribution in [3.63, 3.8) is 0 Å². The minimum atomic E-state index is -1.15. The van der Waals surface area contributed by atoms with Gasteiger partial charge >= 0.3 is 17.9 Å². The molecule has 1 amide bonds. The molecule has 1 rings (SSSR count). The van der Waals surface area contributed by atoms with E-state index in [2.05, 4.69) is 0 Å². The van der Waals surface area contributed by atoms with Crippen LogP contribution in [-0.2, 0) is 28.7 Å².